The molecule has 2 aromatic carbocycles. The lowest BCUT2D eigenvalue weighted by molar-refractivity contribution is -0.132. The van der Waals surface area contributed by atoms with Crippen molar-refractivity contribution in [3.05, 3.63) is 58.7 Å². The minimum Gasteiger partial charge on any atom is -0.493 e. The topological polar surface area (TPSA) is 43.7 Å². The fraction of sp³-hybridized carbons (Fsp3) is 0.318. The van der Waals surface area contributed by atoms with Gasteiger partial charge >= 0.3 is 0 Å². The van der Waals surface area contributed by atoms with E-state index in [1.54, 1.807) is 14.2 Å². The van der Waals surface area contributed by atoms with Crippen LogP contribution in [0.5, 0.6) is 11.5 Å². The average molecular weight is 399 g/mol. The molecule has 1 aliphatic rings. The summed E-state index contributed by atoms with van der Waals surface area (Å²) in [6.07, 6.45) is 3.29. The standard InChI is InChI=1S/C22H23ClN2O3/c1-27-20-11-16-6-9-25(14-17(16)12-21(20)28-2)22(26)7-10-24-8-5-15-3-4-18(23)13-19(15)24/h3-5,8,11-13H,6-7,9-10,14H2,1-2H3. The summed E-state index contributed by atoms with van der Waals surface area (Å²) in [4.78, 5) is 14.7. The van der Waals surface area contributed by atoms with Crippen molar-refractivity contribution >= 4 is 28.4 Å². The number of aryl methyl sites for hydroxylation is 1. The highest BCUT2D eigenvalue weighted by atomic mass is 35.5. The van der Waals surface area contributed by atoms with Gasteiger partial charge in [0.05, 0.1) is 14.2 Å². The van der Waals surface area contributed by atoms with Crippen LogP contribution < -0.4 is 9.47 Å². The van der Waals surface area contributed by atoms with Crippen molar-refractivity contribution < 1.29 is 14.3 Å². The van der Waals surface area contributed by atoms with Gasteiger partial charge in [-0.05, 0) is 53.3 Å². The highest BCUT2D eigenvalue weighted by Gasteiger charge is 2.22. The van der Waals surface area contributed by atoms with Gasteiger partial charge in [0.25, 0.3) is 0 Å². The first-order valence-corrected chi connectivity index (χ1v) is 9.73. The van der Waals surface area contributed by atoms with Crippen molar-refractivity contribution in [3.63, 3.8) is 0 Å². The van der Waals surface area contributed by atoms with Crippen molar-refractivity contribution in [3.8, 4) is 11.5 Å². The Morgan fingerprint density at radius 2 is 1.82 bits per heavy atom. The highest BCUT2D eigenvalue weighted by Crippen LogP contribution is 2.33. The molecule has 146 valence electrons. The molecule has 0 N–H and O–H groups in total. The van der Waals surface area contributed by atoms with E-state index in [1.165, 1.54) is 5.56 Å². The molecule has 0 atom stereocenters. The van der Waals surface area contributed by atoms with E-state index in [0.717, 1.165) is 35.2 Å². The number of hydrogen-bond donors (Lipinski definition) is 0. The monoisotopic (exact) mass is 398 g/mol. The first-order chi connectivity index (χ1) is 13.6. The maximum Gasteiger partial charge on any atom is 0.224 e. The van der Waals surface area contributed by atoms with E-state index in [2.05, 4.69) is 4.57 Å². The lowest BCUT2D eigenvalue weighted by Crippen LogP contribution is -2.36. The number of fused-ring (bicyclic) bond motifs is 2. The lowest BCUT2D eigenvalue weighted by atomic mass is 9.98. The predicted octanol–water partition coefficient (Wildman–Crippen LogP) is 4.29. The summed E-state index contributed by atoms with van der Waals surface area (Å²) >= 11 is 6.12. The SMILES string of the molecule is COc1cc2c(cc1OC)CN(C(=O)CCn1ccc3ccc(Cl)cc31)CC2. The summed E-state index contributed by atoms with van der Waals surface area (Å²) < 4.78 is 12.9. The molecule has 0 saturated carbocycles. The van der Waals surface area contributed by atoms with Crippen LogP contribution >= 0.6 is 11.6 Å². The summed E-state index contributed by atoms with van der Waals surface area (Å²) in [5.74, 6) is 1.59. The van der Waals surface area contributed by atoms with Gasteiger partial charge in [-0.1, -0.05) is 17.7 Å². The van der Waals surface area contributed by atoms with Crippen molar-refractivity contribution in [2.45, 2.75) is 25.9 Å². The Morgan fingerprint density at radius 3 is 2.57 bits per heavy atom. The van der Waals surface area contributed by atoms with E-state index in [9.17, 15) is 4.79 Å². The number of nitrogens with zero attached hydrogens (tertiary/aromatic N) is 2. The molecule has 1 aromatic heterocycles. The van der Waals surface area contributed by atoms with Gasteiger partial charge in [0, 0.05) is 42.8 Å². The van der Waals surface area contributed by atoms with E-state index >= 15 is 0 Å². The molecule has 0 radical (unpaired) electrons. The van der Waals surface area contributed by atoms with Crippen LogP contribution in [0.4, 0.5) is 0 Å². The van der Waals surface area contributed by atoms with Crippen molar-refractivity contribution in [1.82, 2.24) is 9.47 Å². The zero-order valence-electron chi connectivity index (χ0n) is 16.1. The normalized spacial score (nSPS) is 13.5. The Balaban J connectivity index is 1.45. The molecule has 0 unspecified atom stereocenters. The van der Waals surface area contributed by atoms with Gasteiger partial charge in [0.2, 0.25) is 5.91 Å². The van der Waals surface area contributed by atoms with Gasteiger partial charge < -0.3 is 18.9 Å². The molecular weight excluding hydrogens is 376 g/mol. The Morgan fingerprint density at radius 1 is 1.07 bits per heavy atom. The number of amides is 1. The summed E-state index contributed by atoms with van der Waals surface area (Å²) in [6.45, 7) is 1.96. The third kappa shape index (κ3) is 3.54. The van der Waals surface area contributed by atoms with Gasteiger partial charge in [-0.15, -0.1) is 0 Å². The molecular formula is C22H23ClN2O3. The zero-order valence-corrected chi connectivity index (χ0v) is 16.8. The van der Waals surface area contributed by atoms with Crippen molar-refractivity contribution in [1.29, 1.82) is 0 Å². The third-order valence-corrected chi connectivity index (χ3v) is 5.61. The zero-order chi connectivity index (χ0) is 19.7. The maximum absolute atomic E-state index is 12.8. The van der Waals surface area contributed by atoms with Gasteiger partial charge in [-0.3, -0.25) is 4.79 Å². The molecule has 6 heteroatoms. The third-order valence-electron chi connectivity index (χ3n) is 5.37. The molecule has 0 bridgehead atoms. The van der Waals surface area contributed by atoms with Crippen LogP contribution in [-0.2, 0) is 24.3 Å². The Kier molecular flexibility index (Phi) is 5.18. The van der Waals surface area contributed by atoms with Gasteiger partial charge in [0.15, 0.2) is 11.5 Å². The highest BCUT2D eigenvalue weighted by molar-refractivity contribution is 6.31. The van der Waals surface area contributed by atoms with Crippen LogP contribution in [0, 0.1) is 0 Å². The Labute approximate surface area is 169 Å². The largest absolute Gasteiger partial charge is 0.493 e. The van der Waals surface area contributed by atoms with Crippen LogP contribution in [0.25, 0.3) is 10.9 Å². The molecule has 0 spiro atoms. The van der Waals surface area contributed by atoms with Gasteiger partial charge in [0.1, 0.15) is 0 Å². The number of ether oxygens (including phenoxy) is 2. The molecule has 3 aromatic rings. The number of methoxy groups -OCH3 is 2. The van der Waals surface area contributed by atoms with Crippen LogP contribution in [0.15, 0.2) is 42.6 Å². The van der Waals surface area contributed by atoms with E-state index in [-0.39, 0.29) is 5.91 Å². The Bertz CT molecular complexity index is 1030. The number of benzene rings is 2. The van der Waals surface area contributed by atoms with Crippen LogP contribution in [0.3, 0.4) is 0 Å². The average Bonchev–Trinajstić information content (AvgIpc) is 3.12. The van der Waals surface area contributed by atoms with Crippen LogP contribution in [-0.4, -0.2) is 36.1 Å². The first-order valence-electron chi connectivity index (χ1n) is 9.35. The molecule has 5 nitrogen and oxygen atoms in total. The van der Waals surface area contributed by atoms with E-state index < -0.39 is 0 Å². The summed E-state index contributed by atoms with van der Waals surface area (Å²) in [5.41, 5.74) is 3.39. The van der Waals surface area contributed by atoms with E-state index in [1.807, 2.05) is 47.5 Å². The minimum atomic E-state index is 0.157. The Hall–Kier alpha value is -2.66. The van der Waals surface area contributed by atoms with Gasteiger partial charge in [-0.2, -0.15) is 0 Å². The molecule has 1 aliphatic heterocycles. The van der Waals surface area contributed by atoms with Crippen LogP contribution in [0.2, 0.25) is 5.02 Å². The molecule has 1 amide bonds. The minimum absolute atomic E-state index is 0.157. The molecule has 28 heavy (non-hydrogen) atoms. The molecule has 4 rings (SSSR count). The second kappa shape index (κ2) is 7.76. The van der Waals surface area contributed by atoms with Crippen molar-refractivity contribution in [2.24, 2.45) is 0 Å². The van der Waals surface area contributed by atoms with E-state index in [0.29, 0.717) is 30.3 Å². The molecule has 0 fully saturated rings. The number of rotatable bonds is 5. The molecule has 2 heterocycles. The lowest BCUT2D eigenvalue weighted by Gasteiger charge is -2.30. The fourth-order valence-corrected chi connectivity index (χ4v) is 3.99. The molecule has 0 saturated heterocycles. The smallest absolute Gasteiger partial charge is 0.224 e. The number of aromatic nitrogens is 1. The molecule has 0 aliphatic carbocycles. The quantitative estimate of drug-likeness (QED) is 0.644. The summed E-state index contributed by atoms with van der Waals surface area (Å²) in [7, 11) is 3.27. The second-order valence-corrected chi connectivity index (χ2v) is 7.44. The van der Waals surface area contributed by atoms with Crippen LogP contribution in [0.1, 0.15) is 17.5 Å². The second-order valence-electron chi connectivity index (χ2n) is 7.00. The number of carbonyl (C=O) groups excluding carboxylic acids is 1. The predicted molar refractivity (Wildman–Crippen MR) is 110 cm³/mol. The number of halogens is 1. The summed E-state index contributed by atoms with van der Waals surface area (Å²) in [5, 5.41) is 1.83. The summed E-state index contributed by atoms with van der Waals surface area (Å²) in [6, 6.07) is 11.9. The first kappa shape index (κ1) is 18.7. The van der Waals surface area contributed by atoms with E-state index in [4.69, 9.17) is 21.1 Å². The maximum atomic E-state index is 12.8. The fourth-order valence-electron chi connectivity index (χ4n) is 3.82. The number of hydrogen-bond acceptors (Lipinski definition) is 3. The van der Waals surface area contributed by atoms with Gasteiger partial charge in [-0.25, -0.2) is 0 Å². The number of carbonyl (C=O) groups is 1. The van der Waals surface area contributed by atoms with Crippen molar-refractivity contribution in [2.75, 3.05) is 20.8 Å².